The van der Waals surface area contributed by atoms with Crippen molar-refractivity contribution >= 4 is 0 Å². The summed E-state index contributed by atoms with van der Waals surface area (Å²) in [7, 11) is 0. The Hall–Kier alpha value is -0.840. The first-order chi connectivity index (χ1) is 10.3. The highest BCUT2D eigenvalue weighted by Gasteiger charge is 2.30. The Bertz CT molecular complexity index is 457. The Balaban J connectivity index is 1.54. The van der Waals surface area contributed by atoms with Gasteiger partial charge in [-0.15, -0.1) is 0 Å². The number of aryl methyl sites for hydroxylation is 1. The third-order valence-corrected chi connectivity index (χ3v) is 4.86. The zero-order chi connectivity index (χ0) is 14.7. The monoisotopic (exact) mass is 291 g/mol. The number of furan rings is 1. The van der Waals surface area contributed by atoms with E-state index in [4.69, 9.17) is 4.42 Å². The second-order valence-corrected chi connectivity index (χ2v) is 6.54. The molecule has 21 heavy (non-hydrogen) atoms. The maximum atomic E-state index is 5.89. The van der Waals surface area contributed by atoms with Crippen molar-refractivity contribution in [1.82, 2.24) is 15.1 Å². The van der Waals surface area contributed by atoms with Crippen molar-refractivity contribution in [3.05, 3.63) is 23.2 Å². The average molecular weight is 291 g/mol. The number of hydrogen-bond donors (Lipinski definition) is 1. The predicted octanol–water partition coefficient (Wildman–Crippen LogP) is 2.37. The lowest BCUT2D eigenvalue weighted by molar-refractivity contribution is 0.0990. The zero-order valence-corrected chi connectivity index (χ0v) is 13.5. The molecule has 1 unspecified atom stereocenters. The van der Waals surface area contributed by atoms with E-state index < -0.39 is 0 Å². The molecule has 2 aliphatic heterocycles. The van der Waals surface area contributed by atoms with Gasteiger partial charge in [-0.1, -0.05) is 6.92 Å². The van der Waals surface area contributed by atoms with Crippen molar-refractivity contribution in [3.8, 4) is 0 Å². The summed E-state index contributed by atoms with van der Waals surface area (Å²) in [5.41, 5.74) is 1.37. The van der Waals surface area contributed by atoms with Gasteiger partial charge in [0.25, 0.3) is 0 Å². The van der Waals surface area contributed by atoms with Gasteiger partial charge in [-0.05, 0) is 45.3 Å². The summed E-state index contributed by atoms with van der Waals surface area (Å²) < 4.78 is 5.89. The summed E-state index contributed by atoms with van der Waals surface area (Å²) in [5.74, 6) is 2.17. The number of nitrogens with one attached hydrogen (secondary N) is 1. The van der Waals surface area contributed by atoms with Crippen LogP contribution in [0.1, 0.15) is 43.3 Å². The van der Waals surface area contributed by atoms with Crippen molar-refractivity contribution in [2.45, 2.75) is 52.2 Å². The van der Waals surface area contributed by atoms with Gasteiger partial charge in [0.15, 0.2) is 0 Å². The Kier molecular flexibility index (Phi) is 4.99. The molecule has 3 rings (SSSR count). The van der Waals surface area contributed by atoms with E-state index >= 15 is 0 Å². The van der Waals surface area contributed by atoms with E-state index in [2.05, 4.69) is 35.0 Å². The van der Waals surface area contributed by atoms with E-state index in [0.717, 1.165) is 43.6 Å². The van der Waals surface area contributed by atoms with Gasteiger partial charge in [0, 0.05) is 37.8 Å². The van der Waals surface area contributed by atoms with Crippen LogP contribution in [0.4, 0.5) is 0 Å². The van der Waals surface area contributed by atoms with Crippen LogP contribution in [-0.2, 0) is 13.1 Å². The highest BCUT2D eigenvalue weighted by molar-refractivity contribution is 5.21. The molecule has 118 valence electrons. The Morgan fingerprint density at radius 3 is 3.10 bits per heavy atom. The molecule has 1 atom stereocenters. The van der Waals surface area contributed by atoms with Gasteiger partial charge in [-0.25, -0.2) is 0 Å². The van der Waals surface area contributed by atoms with E-state index in [9.17, 15) is 0 Å². The Morgan fingerprint density at radius 2 is 2.24 bits per heavy atom. The van der Waals surface area contributed by atoms with E-state index in [1.807, 2.05) is 0 Å². The highest BCUT2D eigenvalue weighted by atomic mass is 16.3. The van der Waals surface area contributed by atoms with Crippen LogP contribution in [0.2, 0.25) is 0 Å². The number of fused-ring (bicyclic) bond motifs is 1. The van der Waals surface area contributed by atoms with Gasteiger partial charge in [0.1, 0.15) is 11.5 Å². The first kappa shape index (κ1) is 15.1. The lowest BCUT2D eigenvalue weighted by Gasteiger charge is -2.37. The molecule has 3 heterocycles. The maximum absolute atomic E-state index is 5.89. The topological polar surface area (TPSA) is 31.6 Å². The number of nitrogens with zero attached hydrogens (tertiary/aromatic N) is 2. The summed E-state index contributed by atoms with van der Waals surface area (Å²) in [5, 5.41) is 3.41. The van der Waals surface area contributed by atoms with Gasteiger partial charge in [0.05, 0.1) is 6.54 Å². The Morgan fingerprint density at radius 1 is 1.33 bits per heavy atom. The third kappa shape index (κ3) is 3.68. The molecule has 0 saturated carbocycles. The molecule has 4 heteroatoms. The van der Waals surface area contributed by atoms with Crippen molar-refractivity contribution in [2.75, 3.05) is 32.7 Å². The molecule has 0 aliphatic carbocycles. The molecule has 0 bridgehead atoms. The van der Waals surface area contributed by atoms with Crippen LogP contribution in [0.3, 0.4) is 0 Å². The molecule has 2 fully saturated rings. The molecular weight excluding hydrogens is 262 g/mol. The third-order valence-electron chi connectivity index (χ3n) is 4.86. The quantitative estimate of drug-likeness (QED) is 0.816. The number of rotatable bonds is 6. The van der Waals surface area contributed by atoms with Gasteiger partial charge in [-0.3, -0.25) is 9.80 Å². The standard InChI is InChI=1S/C17H29N3O/c1-3-6-18-11-17-10-15(14(2)21-17)12-19-8-9-20-7-4-5-16(20)13-19/h10,16,18H,3-9,11-13H2,1-2H3. The van der Waals surface area contributed by atoms with E-state index in [-0.39, 0.29) is 0 Å². The van der Waals surface area contributed by atoms with E-state index in [1.165, 1.54) is 44.6 Å². The molecule has 4 nitrogen and oxygen atoms in total. The number of piperazine rings is 1. The molecule has 2 aliphatic rings. The fourth-order valence-corrected chi connectivity index (χ4v) is 3.66. The van der Waals surface area contributed by atoms with E-state index in [0.29, 0.717) is 0 Å². The first-order valence-electron chi connectivity index (χ1n) is 8.51. The van der Waals surface area contributed by atoms with Gasteiger partial charge < -0.3 is 9.73 Å². The van der Waals surface area contributed by atoms with Crippen LogP contribution in [-0.4, -0.2) is 48.6 Å². The van der Waals surface area contributed by atoms with Crippen LogP contribution >= 0.6 is 0 Å². The fraction of sp³-hybridized carbons (Fsp3) is 0.765. The molecule has 1 aromatic rings. The second kappa shape index (κ2) is 6.95. The molecule has 0 amide bonds. The average Bonchev–Trinajstić information content (AvgIpc) is 3.06. The largest absolute Gasteiger partial charge is 0.465 e. The summed E-state index contributed by atoms with van der Waals surface area (Å²) in [6.45, 7) is 12.2. The summed E-state index contributed by atoms with van der Waals surface area (Å²) >= 11 is 0. The predicted molar refractivity (Wildman–Crippen MR) is 85.3 cm³/mol. The summed E-state index contributed by atoms with van der Waals surface area (Å²) in [6.07, 6.45) is 3.93. The van der Waals surface area contributed by atoms with Crippen molar-refractivity contribution in [3.63, 3.8) is 0 Å². The molecule has 1 aromatic heterocycles. The summed E-state index contributed by atoms with van der Waals surface area (Å²) in [6, 6.07) is 3.05. The number of hydrogen-bond acceptors (Lipinski definition) is 4. The van der Waals surface area contributed by atoms with Crippen LogP contribution in [0.15, 0.2) is 10.5 Å². The van der Waals surface area contributed by atoms with Crippen molar-refractivity contribution < 1.29 is 4.42 Å². The normalized spacial score (nSPS) is 23.6. The zero-order valence-electron chi connectivity index (χ0n) is 13.5. The highest BCUT2D eigenvalue weighted by Crippen LogP contribution is 2.24. The maximum Gasteiger partial charge on any atom is 0.118 e. The van der Waals surface area contributed by atoms with Gasteiger partial charge >= 0.3 is 0 Å². The molecule has 0 spiro atoms. The summed E-state index contributed by atoms with van der Waals surface area (Å²) in [4.78, 5) is 5.27. The minimum atomic E-state index is 0.802. The lowest BCUT2D eigenvalue weighted by Crippen LogP contribution is -2.49. The minimum absolute atomic E-state index is 0.802. The van der Waals surface area contributed by atoms with Crippen molar-refractivity contribution in [1.29, 1.82) is 0 Å². The molecule has 0 radical (unpaired) electrons. The minimum Gasteiger partial charge on any atom is -0.465 e. The smallest absolute Gasteiger partial charge is 0.118 e. The Labute approximate surface area is 128 Å². The van der Waals surface area contributed by atoms with E-state index in [1.54, 1.807) is 0 Å². The second-order valence-electron chi connectivity index (χ2n) is 6.54. The van der Waals surface area contributed by atoms with Gasteiger partial charge in [-0.2, -0.15) is 0 Å². The molecular formula is C17H29N3O. The van der Waals surface area contributed by atoms with Gasteiger partial charge in [0.2, 0.25) is 0 Å². The fourth-order valence-electron chi connectivity index (χ4n) is 3.66. The van der Waals surface area contributed by atoms with Crippen molar-refractivity contribution in [2.24, 2.45) is 0 Å². The van der Waals surface area contributed by atoms with Crippen LogP contribution in [0, 0.1) is 6.92 Å². The molecule has 0 aromatic carbocycles. The van der Waals surface area contributed by atoms with Crippen LogP contribution in [0.25, 0.3) is 0 Å². The SMILES string of the molecule is CCCNCc1cc(CN2CCN3CCCC3C2)c(C)o1. The first-order valence-corrected chi connectivity index (χ1v) is 8.51. The molecule has 2 saturated heterocycles. The lowest BCUT2D eigenvalue weighted by atomic mass is 10.1. The molecule has 1 N–H and O–H groups in total. The van der Waals surface area contributed by atoms with Crippen LogP contribution < -0.4 is 5.32 Å². The van der Waals surface area contributed by atoms with Crippen LogP contribution in [0.5, 0.6) is 0 Å².